The highest BCUT2D eigenvalue weighted by molar-refractivity contribution is 5.93. The normalized spacial score (nSPS) is 16.4. The van der Waals surface area contributed by atoms with E-state index in [9.17, 15) is 9.59 Å². The number of hydrogen-bond donors (Lipinski definition) is 1. The van der Waals surface area contributed by atoms with Crippen molar-refractivity contribution in [2.75, 3.05) is 26.7 Å². The quantitative estimate of drug-likeness (QED) is 0.695. The first-order chi connectivity index (χ1) is 15.1. The molecule has 1 aromatic heterocycles. The van der Waals surface area contributed by atoms with Crippen molar-refractivity contribution >= 4 is 11.8 Å². The number of methoxy groups -OCH3 is 1. The van der Waals surface area contributed by atoms with E-state index in [1.807, 2.05) is 42.5 Å². The molecule has 3 aromatic rings. The summed E-state index contributed by atoms with van der Waals surface area (Å²) in [6.45, 7) is 1.28. The monoisotopic (exact) mass is 415 g/mol. The van der Waals surface area contributed by atoms with Crippen LogP contribution in [0.1, 0.15) is 16.1 Å². The number of aromatic nitrogens is 1. The molecule has 4 rings (SSSR count). The van der Waals surface area contributed by atoms with Gasteiger partial charge in [-0.25, -0.2) is 0 Å². The summed E-state index contributed by atoms with van der Waals surface area (Å²) in [5, 5.41) is 2.94. The zero-order valence-electron chi connectivity index (χ0n) is 17.5. The minimum absolute atomic E-state index is 0.0249. The number of amides is 2. The number of nitrogens with zero attached hydrogens (tertiary/aromatic N) is 2. The molecule has 0 bridgehead atoms. The second-order valence-electron chi connectivity index (χ2n) is 7.59. The maximum Gasteiger partial charge on any atom is 0.272 e. The van der Waals surface area contributed by atoms with Crippen molar-refractivity contribution in [3.8, 4) is 16.9 Å². The van der Waals surface area contributed by atoms with E-state index in [0.717, 1.165) is 22.4 Å². The number of carbonyl (C=O) groups excluding carboxylic acids is 2. The Kier molecular flexibility index (Phi) is 6.26. The van der Waals surface area contributed by atoms with Crippen LogP contribution in [0, 0.1) is 5.92 Å². The molecule has 2 heterocycles. The van der Waals surface area contributed by atoms with E-state index in [0.29, 0.717) is 31.7 Å². The van der Waals surface area contributed by atoms with E-state index >= 15 is 0 Å². The van der Waals surface area contributed by atoms with E-state index in [-0.39, 0.29) is 17.7 Å². The van der Waals surface area contributed by atoms with Crippen molar-refractivity contribution in [3.63, 3.8) is 0 Å². The summed E-state index contributed by atoms with van der Waals surface area (Å²) in [5.74, 6) is 0.306. The van der Waals surface area contributed by atoms with Crippen molar-refractivity contribution in [2.24, 2.45) is 5.92 Å². The van der Waals surface area contributed by atoms with Crippen LogP contribution in [0.3, 0.4) is 0 Å². The number of benzene rings is 2. The zero-order chi connectivity index (χ0) is 21.6. The van der Waals surface area contributed by atoms with Gasteiger partial charge in [-0.2, -0.15) is 0 Å². The lowest BCUT2D eigenvalue weighted by Crippen LogP contribution is -2.37. The number of rotatable bonds is 5. The third-order valence-corrected chi connectivity index (χ3v) is 5.48. The Bertz CT molecular complexity index is 1070. The summed E-state index contributed by atoms with van der Waals surface area (Å²) < 4.78 is 5.33. The molecule has 1 fully saturated rings. The molecular formula is C25H25N3O3. The average molecular weight is 415 g/mol. The summed E-state index contributed by atoms with van der Waals surface area (Å²) in [5.41, 5.74) is 3.56. The second kappa shape index (κ2) is 9.43. The van der Waals surface area contributed by atoms with Gasteiger partial charge >= 0.3 is 0 Å². The van der Waals surface area contributed by atoms with Crippen LogP contribution >= 0.6 is 0 Å². The van der Waals surface area contributed by atoms with Crippen molar-refractivity contribution in [2.45, 2.75) is 6.42 Å². The van der Waals surface area contributed by atoms with E-state index in [1.165, 1.54) is 0 Å². The molecule has 158 valence electrons. The average Bonchev–Trinajstić information content (AvgIpc) is 3.00. The molecule has 31 heavy (non-hydrogen) atoms. The fourth-order valence-corrected chi connectivity index (χ4v) is 3.86. The lowest BCUT2D eigenvalue weighted by molar-refractivity contribution is -0.124. The third kappa shape index (κ3) is 4.91. The fraction of sp³-hybridized carbons (Fsp3) is 0.240. The van der Waals surface area contributed by atoms with Gasteiger partial charge in [0.05, 0.1) is 13.0 Å². The number of pyridine rings is 1. The molecule has 1 saturated heterocycles. The largest absolute Gasteiger partial charge is 0.497 e. The van der Waals surface area contributed by atoms with Gasteiger partial charge in [-0.3, -0.25) is 14.6 Å². The predicted octanol–water partition coefficient (Wildman–Crippen LogP) is 3.19. The van der Waals surface area contributed by atoms with Gasteiger partial charge in [-0.15, -0.1) is 0 Å². The lowest BCUT2D eigenvalue weighted by atomic mass is 9.95. The molecule has 1 atom stereocenters. The van der Waals surface area contributed by atoms with Crippen LogP contribution in [0.2, 0.25) is 0 Å². The van der Waals surface area contributed by atoms with Crippen molar-refractivity contribution in [3.05, 3.63) is 84.2 Å². The molecule has 1 N–H and O–H groups in total. The van der Waals surface area contributed by atoms with Gasteiger partial charge in [-0.1, -0.05) is 42.5 Å². The van der Waals surface area contributed by atoms with E-state index in [4.69, 9.17) is 4.74 Å². The van der Waals surface area contributed by atoms with Gasteiger partial charge < -0.3 is 15.0 Å². The molecular weight excluding hydrogens is 390 g/mol. The number of nitrogens with one attached hydrogen (secondary N) is 1. The Balaban J connectivity index is 1.53. The van der Waals surface area contributed by atoms with Crippen molar-refractivity contribution in [1.82, 2.24) is 15.2 Å². The van der Waals surface area contributed by atoms with E-state index < -0.39 is 0 Å². The molecule has 0 spiro atoms. The smallest absolute Gasteiger partial charge is 0.272 e. The highest BCUT2D eigenvalue weighted by atomic mass is 16.5. The molecule has 6 nitrogen and oxygen atoms in total. The molecule has 0 saturated carbocycles. The maximum atomic E-state index is 12.9. The first-order valence-electron chi connectivity index (χ1n) is 10.4. The molecule has 0 unspecified atom stereocenters. The van der Waals surface area contributed by atoms with Crippen LogP contribution < -0.4 is 10.1 Å². The van der Waals surface area contributed by atoms with Crippen LogP contribution in [0.5, 0.6) is 5.75 Å². The Hall–Kier alpha value is -3.67. The Morgan fingerprint density at radius 2 is 1.90 bits per heavy atom. The SMILES string of the molecule is COc1cccc(-c2cccc(C[C@@H]3CN(C(=O)c4ccccn4)CCNC3=O)c2)c1. The Labute approximate surface area is 181 Å². The van der Waals surface area contributed by atoms with Gasteiger partial charge in [0.25, 0.3) is 5.91 Å². The summed E-state index contributed by atoms with van der Waals surface area (Å²) in [4.78, 5) is 31.4. The van der Waals surface area contributed by atoms with E-state index in [1.54, 1.807) is 36.4 Å². The number of carbonyl (C=O) groups is 2. The van der Waals surface area contributed by atoms with Gasteiger partial charge in [0, 0.05) is 25.8 Å². The zero-order valence-corrected chi connectivity index (χ0v) is 17.5. The number of ether oxygens (including phenoxy) is 1. The molecule has 0 aliphatic carbocycles. The Morgan fingerprint density at radius 3 is 2.68 bits per heavy atom. The molecule has 1 aliphatic rings. The van der Waals surface area contributed by atoms with Crippen LogP contribution in [0.25, 0.3) is 11.1 Å². The van der Waals surface area contributed by atoms with Gasteiger partial charge in [0.1, 0.15) is 11.4 Å². The third-order valence-electron chi connectivity index (χ3n) is 5.48. The Morgan fingerprint density at radius 1 is 1.10 bits per heavy atom. The van der Waals surface area contributed by atoms with Crippen LogP contribution in [0.4, 0.5) is 0 Å². The highest BCUT2D eigenvalue weighted by Gasteiger charge is 2.28. The summed E-state index contributed by atoms with van der Waals surface area (Å²) in [7, 11) is 1.65. The minimum atomic E-state index is -0.323. The minimum Gasteiger partial charge on any atom is -0.497 e. The summed E-state index contributed by atoms with van der Waals surface area (Å²) >= 11 is 0. The molecule has 2 amide bonds. The van der Waals surface area contributed by atoms with Crippen molar-refractivity contribution in [1.29, 1.82) is 0 Å². The molecule has 6 heteroatoms. The highest BCUT2D eigenvalue weighted by Crippen LogP contribution is 2.25. The van der Waals surface area contributed by atoms with Gasteiger partial charge in [0.2, 0.25) is 5.91 Å². The number of hydrogen-bond acceptors (Lipinski definition) is 4. The molecule has 1 aliphatic heterocycles. The van der Waals surface area contributed by atoms with Crippen LogP contribution in [-0.2, 0) is 11.2 Å². The summed E-state index contributed by atoms with van der Waals surface area (Å²) in [6.07, 6.45) is 2.16. The molecule has 2 aromatic carbocycles. The van der Waals surface area contributed by atoms with Gasteiger partial charge in [-0.05, 0) is 47.4 Å². The lowest BCUT2D eigenvalue weighted by Gasteiger charge is -2.23. The molecule has 0 radical (unpaired) electrons. The topological polar surface area (TPSA) is 71.5 Å². The predicted molar refractivity (Wildman–Crippen MR) is 119 cm³/mol. The summed E-state index contributed by atoms with van der Waals surface area (Å²) in [6, 6.07) is 21.3. The van der Waals surface area contributed by atoms with Crippen LogP contribution in [0.15, 0.2) is 72.9 Å². The van der Waals surface area contributed by atoms with Crippen molar-refractivity contribution < 1.29 is 14.3 Å². The maximum absolute atomic E-state index is 12.9. The second-order valence-corrected chi connectivity index (χ2v) is 7.59. The van der Waals surface area contributed by atoms with Gasteiger partial charge in [0.15, 0.2) is 0 Å². The van der Waals surface area contributed by atoms with E-state index in [2.05, 4.69) is 16.4 Å². The van der Waals surface area contributed by atoms with Crippen LogP contribution in [-0.4, -0.2) is 48.4 Å². The standard InChI is InChI=1S/C25H25N3O3/c1-31-22-9-5-8-20(16-22)19-7-4-6-18(14-19)15-21-17-28(13-12-27-24(21)29)25(30)23-10-2-3-11-26-23/h2-11,14,16,21H,12-13,15,17H2,1H3,(H,27,29)/t21-/m1/s1. The fourth-order valence-electron chi connectivity index (χ4n) is 3.86. The first-order valence-corrected chi connectivity index (χ1v) is 10.4. The first kappa shape index (κ1) is 20.6.